The van der Waals surface area contributed by atoms with E-state index < -0.39 is 74.5 Å². The number of alkyl halides is 3. The molecule has 15 heteroatoms. The molecule has 0 aromatic heterocycles. The zero-order valence-electron chi connectivity index (χ0n) is 16.4. The van der Waals surface area contributed by atoms with Crippen molar-refractivity contribution in [3.63, 3.8) is 0 Å². The Kier molecular flexibility index (Phi) is 8.05. The molecule has 2 N–H and O–H groups in total. The third-order valence-electron chi connectivity index (χ3n) is 3.88. The van der Waals surface area contributed by atoms with Gasteiger partial charge in [-0.05, 0) is 30.3 Å². The van der Waals surface area contributed by atoms with Crippen molar-refractivity contribution in [2.24, 2.45) is 0 Å². The number of ether oxygens (including phenoxy) is 1. The van der Waals surface area contributed by atoms with Crippen molar-refractivity contribution in [3.8, 4) is 0 Å². The van der Waals surface area contributed by atoms with Crippen molar-refractivity contribution >= 4 is 33.3 Å². The monoisotopic (exact) mass is 493 g/mol. The minimum atomic E-state index is -4.74. The van der Waals surface area contributed by atoms with Crippen LogP contribution in [0.15, 0.2) is 47.4 Å². The highest BCUT2D eigenvalue weighted by Crippen LogP contribution is 2.30. The Morgan fingerprint density at radius 3 is 2.45 bits per heavy atom. The molecule has 0 unspecified atom stereocenters. The first kappa shape index (κ1) is 25.7. The van der Waals surface area contributed by atoms with Gasteiger partial charge in [-0.25, -0.2) is 13.1 Å². The van der Waals surface area contributed by atoms with Gasteiger partial charge in [0.2, 0.25) is 15.8 Å². The first-order valence-corrected chi connectivity index (χ1v) is 10.3. The van der Waals surface area contributed by atoms with Crippen molar-refractivity contribution in [1.82, 2.24) is 4.72 Å². The first-order chi connectivity index (χ1) is 15.3. The summed E-state index contributed by atoms with van der Waals surface area (Å²) in [5, 5.41) is 12.8. The topological polar surface area (TPSA) is 145 Å². The highest BCUT2D eigenvalue weighted by molar-refractivity contribution is 7.89. The number of nitrogens with zero attached hydrogens (tertiary/aromatic N) is 1. The third kappa shape index (κ3) is 7.50. The number of nitro benzene ring substituents is 1. The number of nitrogens with one attached hydrogen (secondary N) is 2. The quantitative estimate of drug-likeness (QED) is 0.236. The summed E-state index contributed by atoms with van der Waals surface area (Å²) in [5.41, 5.74) is -2.17. The summed E-state index contributed by atoms with van der Waals surface area (Å²) in [6.07, 6.45) is -5.29. The number of anilines is 1. The minimum Gasteiger partial charge on any atom is -0.456 e. The number of rotatable bonds is 9. The van der Waals surface area contributed by atoms with E-state index in [4.69, 9.17) is 0 Å². The van der Waals surface area contributed by atoms with Crippen LogP contribution in [0.2, 0.25) is 0 Å². The smallest absolute Gasteiger partial charge is 0.416 e. The van der Waals surface area contributed by atoms with Gasteiger partial charge in [0.05, 0.1) is 21.8 Å². The summed E-state index contributed by atoms with van der Waals surface area (Å²) in [5.74, 6) is -3.03. The molecule has 178 valence electrons. The zero-order valence-corrected chi connectivity index (χ0v) is 17.2. The van der Waals surface area contributed by atoms with Gasteiger partial charge in [-0.15, -0.1) is 0 Å². The van der Waals surface area contributed by atoms with Crippen LogP contribution < -0.4 is 10.0 Å². The van der Waals surface area contributed by atoms with E-state index in [0.29, 0.717) is 12.1 Å². The number of carbonyl (C=O) groups excluding carboxylic acids is 2. The fourth-order valence-corrected chi connectivity index (χ4v) is 3.43. The molecule has 0 heterocycles. The van der Waals surface area contributed by atoms with Gasteiger partial charge in [0.1, 0.15) is 0 Å². The van der Waals surface area contributed by atoms with Crippen LogP contribution in [0.4, 0.5) is 28.9 Å². The van der Waals surface area contributed by atoms with E-state index in [1.165, 1.54) is 0 Å². The first-order valence-electron chi connectivity index (χ1n) is 8.86. The Bertz CT molecular complexity index is 1170. The Balaban J connectivity index is 1.83. The van der Waals surface area contributed by atoms with Gasteiger partial charge in [-0.2, -0.15) is 17.6 Å². The lowest BCUT2D eigenvalue weighted by molar-refractivity contribution is -0.387. The average molecular weight is 493 g/mol. The third-order valence-corrected chi connectivity index (χ3v) is 5.34. The van der Waals surface area contributed by atoms with Crippen LogP contribution in [-0.2, 0) is 30.5 Å². The minimum absolute atomic E-state index is 0.127. The van der Waals surface area contributed by atoms with E-state index in [2.05, 4.69) is 10.1 Å². The molecule has 0 aliphatic heterocycles. The summed E-state index contributed by atoms with van der Waals surface area (Å²) in [6, 6.07) is 5.56. The van der Waals surface area contributed by atoms with Crippen molar-refractivity contribution in [2.45, 2.75) is 17.5 Å². The summed E-state index contributed by atoms with van der Waals surface area (Å²) < 4.78 is 82.2. The summed E-state index contributed by atoms with van der Waals surface area (Å²) in [6.45, 7) is -1.35. The number of sulfonamides is 1. The van der Waals surface area contributed by atoms with E-state index in [1.54, 1.807) is 0 Å². The molecule has 2 aromatic rings. The van der Waals surface area contributed by atoms with Gasteiger partial charge >= 0.3 is 17.8 Å². The summed E-state index contributed by atoms with van der Waals surface area (Å²) in [4.78, 5) is 32.5. The maximum Gasteiger partial charge on any atom is 0.416 e. The standard InChI is InChI=1S/C18H15F4N3O7S/c19-14-5-4-12(9-15(14)25(28)29)24-16(26)10-32-17(27)6-7-23-33(30,31)13-3-1-2-11(8-13)18(20,21)22/h1-5,8-9,23H,6-7,10H2,(H,24,26). The second-order valence-corrected chi connectivity index (χ2v) is 8.07. The maximum atomic E-state index is 13.3. The van der Waals surface area contributed by atoms with Gasteiger partial charge in [-0.3, -0.25) is 19.7 Å². The van der Waals surface area contributed by atoms with Gasteiger partial charge in [0.25, 0.3) is 5.91 Å². The average Bonchev–Trinajstić information content (AvgIpc) is 2.73. The predicted octanol–water partition coefficient (Wildman–Crippen LogP) is 2.60. The number of amides is 1. The molecule has 33 heavy (non-hydrogen) atoms. The zero-order chi connectivity index (χ0) is 24.8. The van der Waals surface area contributed by atoms with Crippen LogP contribution in [0.25, 0.3) is 0 Å². The maximum absolute atomic E-state index is 13.3. The van der Waals surface area contributed by atoms with Crippen molar-refractivity contribution in [2.75, 3.05) is 18.5 Å². The predicted molar refractivity (Wildman–Crippen MR) is 104 cm³/mol. The van der Waals surface area contributed by atoms with E-state index in [0.717, 1.165) is 30.3 Å². The molecule has 2 rings (SSSR count). The van der Waals surface area contributed by atoms with Crippen molar-refractivity contribution < 1.29 is 45.2 Å². The Labute approximate surface area is 183 Å². The number of halogens is 4. The molecule has 1 amide bonds. The number of carbonyl (C=O) groups is 2. The van der Waals surface area contributed by atoms with Crippen LogP contribution >= 0.6 is 0 Å². The lowest BCUT2D eigenvalue weighted by atomic mass is 10.2. The lowest BCUT2D eigenvalue weighted by Crippen LogP contribution is -2.28. The van der Waals surface area contributed by atoms with E-state index in [9.17, 15) is 45.7 Å². The summed E-state index contributed by atoms with van der Waals surface area (Å²) >= 11 is 0. The molecule has 0 saturated carbocycles. The number of hydrogen-bond acceptors (Lipinski definition) is 7. The van der Waals surface area contributed by atoms with Crippen LogP contribution in [-0.4, -0.2) is 38.4 Å². The number of hydrogen-bond donors (Lipinski definition) is 2. The number of benzene rings is 2. The highest BCUT2D eigenvalue weighted by atomic mass is 32.2. The van der Waals surface area contributed by atoms with Crippen LogP contribution in [0.3, 0.4) is 0 Å². The number of nitro groups is 1. The molecule has 0 atom stereocenters. The van der Waals surface area contributed by atoms with Crippen molar-refractivity contribution in [1.29, 1.82) is 0 Å². The normalized spacial score (nSPS) is 11.6. The van der Waals surface area contributed by atoms with E-state index in [-0.39, 0.29) is 5.69 Å². The molecule has 0 spiro atoms. The van der Waals surface area contributed by atoms with Gasteiger partial charge in [0.15, 0.2) is 6.61 Å². The van der Waals surface area contributed by atoms with Crippen LogP contribution in [0, 0.1) is 15.9 Å². The van der Waals surface area contributed by atoms with E-state index >= 15 is 0 Å². The largest absolute Gasteiger partial charge is 0.456 e. The molecule has 0 bridgehead atoms. The molecular formula is C18H15F4N3O7S. The fourth-order valence-electron chi connectivity index (χ4n) is 2.36. The van der Waals surface area contributed by atoms with E-state index in [1.807, 2.05) is 4.72 Å². The van der Waals surface area contributed by atoms with Crippen molar-refractivity contribution in [3.05, 3.63) is 64.0 Å². The molecule has 0 radical (unpaired) electrons. The molecular weight excluding hydrogens is 478 g/mol. The molecule has 2 aromatic carbocycles. The SMILES string of the molecule is O=C(COC(=O)CCNS(=O)(=O)c1cccc(C(F)(F)F)c1)Nc1ccc(F)c([N+](=O)[O-])c1. The lowest BCUT2D eigenvalue weighted by Gasteiger charge is -2.10. The Morgan fingerprint density at radius 2 is 1.82 bits per heavy atom. The molecule has 0 fully saturated rings. The molecule has 10 nitrogen and oxygen atoms in total. The van der Waals surface area contributed by atoms with Gasteiger partial charge < -0.3 is 10.1 Å². The second kappa shape index (κ2) is 10.4. The summed E-state index contributed by atoms with van der Waals surface area (Å²) in [7, 11) is -4.35. The Hall–Kier alpha value is -3.59. The number of esters is 1. The fraction of sp³-hybridized carbons (Fsp3) is 0.222. The Morgan fingerprint density at radius 1 is 1.12 bits per heavy atom. The van der Waals surface area contributed by atoms with Crippen LogP contribution in [0.1, 0.15) is 12.0 Å². The molecule has 0 saturated heterocycles. The highest BCUT2D eigenvalue weighted by Gasteiger charge is 2.31. The second-order valence-electron chi connectivity index (χ2n) is 6.31. The van der Waals surface area contributed by atoms with Gasteiger partial charge in [0, 0.05) is 18.3 Å². The molecule has 0 aliphatic rings. The van der Waals surface area contributed by atoms with Crippen LogP contribution in [0.5, 0.6) is 0 Å². The molecule has 0 aliphatic carbocycles. The van der Waals surface area contributed by atoms with Gasteiger partial charge in [-0.1, -0.05) is 6.07 Å².